The molecule has 0 saturated heterocycles. The Hall–Kier alpha value is -1.65. The number of hydrogen-bond acceptors (Lipinski definition) is 3. The number of rotatable bonds is 2. The summed E-state index contributed by atoms with van der Waals surface area (Å²) in [5.41, 5.74) is 2.78. The maximum Gasteiger partial charge on any atom is 0.252 e. The average molecular weight is 259 g/mol. The van der Waals surface area contributed by atoms with Crippen molar-refractivity contribution in [3.63, 3.8) is 0 Å². The number of carbonyl (C=O) groups excluding carboxylic acids is 1. The third kappa shape index (κ3) is 1.94. The molecule has 0 bridgehead atoms. The summed E-state index contributed by atoms with van der Waals surface area (Å²) < 4.78 is 0. The minimum atomic E-state index is -0.537. The number of carbonyl (C=O) groups is 1. The highest BCUT2D eigenvalue weighted by atomic mass is 32.1. The van der Waals surface area contributed by atoms with E-state index in [0.717, 1.165) is 11.1 Å². The van der Waals surface area contributed by atoms with Gasteiger partial charge in [-0.2, -0.15) is 11.3 Å². The van der Waals surface area contributed by atoms with Crippen LogP contribution >= 0.6 is 11.3 Å². The van der Waals surface area contributed by atoms with Crippen LogP contribution in [-0.2, 0) is 6.42 Å². The van der Waals surface area contributed by atoms with E-state index in [1.165, 1.54) is 11.3 Å². The first-order chi connectivity index (χ1) is 8.75. The summed E-state index contributed by atoms with van der Waals surface area (Å²) >= 11 is 1.49. The van der Waals surface area contributed by atoms with Crippen LogP contribution in [0.2, 0.25) is 0 Å². The molecule has 0 saturated carbocycles. The fourth-order valence-corrected chi connectivity index (χ4v) is 3.00. The van der Waals surface area contributed by atoms with Gasteiger partial charge in [0.2, 0.25) is 0 Å². The zero-order chi connectivity index (χ0) is 12.5. The molecule has 3 nitrogen and oxygen atoms in total. The van der Waals surface area contributed by atoms with Crippen LogP contribution < -0.4 is 5.32 Å². The van der Waals surface area contributed by atoms with Crippen molar-refractivity contribution in [1.82, 2.24) is 5.32 Å². The molecule has 1 heterocycles. The van der Waals surface area contributed by atoms with Gasteiger partial charge < -0.3 is 10.4 Å². The highest BCUT2D eigenvalue weighted by Crippen LogP contribution is 2.31. The lowest BCUT2D eigenvalue weighted by molar-refractivity contribution is 0.0858. The minimum Gasteiger partial charge on any atom is -0.390 e. The van der Waals surface area contributed by atoms with Crippen molar-refractivity contribution in [2.24, 2.45) is 0 Å². The Balaban J connectivity index is 1.83. The maximum atomic E-state index is 12.0. The molecule has 92 valence electrons. The molecule has 0 aliphatic heterocycles. The van der Waals surface area contributed by atoms with Crippen LogP contribution in [0.5, 0.6) is 0 Å². The summed E-state index contributed by atoms with van der Waals surface area (Å²) in [5, 5.41) is 16.6. The number of amides is 1. The molecular formula is C14H13NO2S. The number of thiophene rings is 1. The first-order valence-corrected chi connectivity index (χ1v) is 6.79. The summed E-state index contributed by atoms with van der Waals surface area (Å²) in [7, 11) is 0. The van der Waals surface area contributed by atoms with Gasteiger partial charge in [0.05, 0.1) is 17.7 Å². The van der Waals surface area contributed by atoms with Crippen molar-refractivity contribution in [2.45, 2.75) is 18.6 Å². The fraction of sp³-hybridized carbons (Fsp3) is 0.214. The summed E-state index contributed by atoms with van der Waals surface area (Å²) in [6.45, 7) is 0. The SMILES string of the molecule is O=C(NC1c2ccccc2CC1O)c1ccsc1. The third-order valence-electron chi connectivity index (χ3n) is 3.27. The van der Waals surface area contributed by atoms with E-state index in [2.05, 4.69) is 5.32 Å². The first kappa shape index (κ1) is 11.4. The predicted octanol–water partition coefficient (Wildman–Crippen LogP) is 2.14. The van der Waals surface area contributed by atoms with E-state index in [1.54, 1.807) is 6.07 Å². The summed E-state index contributed by atoms with van der Waals surface area (Å²) in [4.78, 5) is 12.0. The van der Waals surface area contributed by atoms with Crippen molar-refractivity contribution >= 4 is 17.2 Å². The number of nitrogens with one attached hydrogen (secondary N) is 1. The van der Waals surface area contributed by atoms with Gasteiger partial charge >= 0.3 is 0 Å². The monoisotopic (exact) mass is 259 g/mol. The molecule has 1 aliphatic rings. The van der Waals surface area contributed by atoms with Crippen LogP contribution in [0.1, 0.15) is 27.5 Å². The maximum absolute atomic E-state index is 12.0. The summed E-state index contributed by atoms with van der Waals surface area (Å²) in [6, 6.07) is 9.33. The van der Waals surface area contributed by atoms with Crippen molar-refractivity contribution in [2.75, 3.05) is 0 Å². The molecule has 2 unspecified atom stereocenters. The molecule has 3 rings (SSSR count). The molecule has 1 aromatic heterocycles. The second kappa shape index (κ2) is 4.55. The van der Waals surface area contributed by atoms with E-state index in [9.17, 15) is 9.90 Å². The summed E-state index contributed by atoms with van der Waals surface area (Å²) in [5.74, 6) is -0.128. The van der Waals surface area contributed by atoms with E-state index < -0.39 is 6.10 Å². The average Bonchev–Trinajstić information content (AvgIpc) is 2.98. The normalized spacial score (nSPS) is 21.6. The van der Waals surface area contributed by atoms with Crippen molar-refractivity contribution in [3.8, 4) is 0 Å². The molecule has 18 heavy (non-hydrogen) atoms. The van der Waals surface area contributed by atoms with E-state index in [-0.39, 0.29) is 11.9 Å². The Morgan fingerprint density at radius 3 is 2.94 bits per heavy atom. The van der Waals surface area contributed by atoms with E-state index in [4.69, 9.17) is 0 Å². The number of aliphatic hydroxyl groups is 1. The third-order valence-corrected chi connectivity index (χ3v) is 3.96. The second-order valence-corrected chi connectivity index (χ2v) is 5.21. The van der Waals surface area contributed by atoms with E-state index >= 15 is 0 Å². The Kier molecular flexibility index (Phi) is 2.89. The molecule has 2 aromatic rings. The Labute approximate surface area is 109 Å². The fourth-order valence-electron chi connectivity index (χ4n) is 2.37. The van der Waals surface area contributed by atoms with Crippen molar-refractivity contribution in [3.05, 3.63) is 57.8 Å². The van der Waals surface area contributed by atoms with Crippen LogP contribution in [0.25, 0.3) is 0 Å². The Morgan fingerprint density at radius 1 is 1.33 bits per heavy atom. The van der Waals surface area contributed by atoms with Gasteiger partial charge in [0.15, 0.2) is 0 Å². The van der Waals surface area contributed by atoms with Gasteiger partial charge in [-0.15, -0.1) is 0 Å². The number of benzene rings is 1. The zero-order valence-corrected chi connectivity index (χ0v) is 10.5. The molecule has 0 fully saturated rings. The van der Waals surface area contributed by atoms with Crippen LogP contribution in [0.4, 0.5) is 0 Å². The number of hydrogen-bond donors (Lipinski definition) is 2. The highest BCUT2D eigenvalue weighted by Gasteiger charge is 2.31. The lowest BCUT2D eigenvalue weighted by Gasteiger charge is -2.17. The lowest BCUT2D eigenvalue weighted by Crippen LogP contribution is -2.33. The van der Waals surface area contributed by atoms with Gasteiger partial charge in [0, 0.05) is 11.8 Å². The zero-order valence-electron chi connectivity index (χ0n) is 9.67. The molecule has 1 aliphatic carbocycles. The smallest absolute Gasteiger partial charge is 0.252 e. The standard InChI is InChI=1S/C14H13NO2S/c16-12-7-9-3-1-2-4-11(9)13(12)15-14(17)10-5-6-18-8-10/h1-6,8,12-13,16H,7H2,(H,15,17). The number of aliphatic hydroxyl groups excluding tert-OH is 1. The Bertz CT molecular complexity index is 565. The first-order valence-electron chi connectivity index (χ1n) is 5.84. The van der Waals surface area contributed by atoms with Gasteiger partial charge in [-0.05, 0) is 22.6 Å². The predicted molar refractivity (Wildman–Crippen MR) is 70.7 cm³/mol. The molecule has 2 N–H and O–H groups in total. The summed E-state index contributed by atoms with van der Waals surface area (Å²) in [6.07, 6.45) is 0.0649. The van der Waals surface area contributed by atoms with Crippen molar-refractivity contribution in [1.29, 1.82) is 0 Å². The topological polar surface area (TPSA) is 49.3 Å². The van der Waals surface area contributed by atoms with Gasteiger partial charge in [0.25, 0.3) is 5.91 Å². The molecule has 0 radical (unpaired) electrons. The molecule has 4 heteroatoms. The quantitative estimate of drug-likeness (QED) is 0.868. The van der Waals surface area contributed by atoms with Gasteiger partial charge in [-0.25, -0.2) is 0 Å². The van der Waals surface area contributed by atoms with Gasteiger partial charge in [-0.1, -0.05) is 24.3 Å². The molecule has 2 atom stereocenters. The molecule has 0 spiro atoms. The van der Waals surface area contributed by atoms with Crippen LogP contribution in [0, 0.1) is 0 Å². The molecule has 1 amide bonds. The highest BCUT2D eigenvalue weighted by molar-refractivity contribution is 7.08. The van der Waals surface area contributed by atoms with Crippen LogP contribution in [-0.4, -0.2) is 17.1 Å². The molecular weight excluding hydrogens is 246 g/mol. The van der Waals surface area contributed by atoms with E-state index in [0.29, 0.717) is 12.0 Å². The number of fused-ring (bicyclic) bond motifs is 1. The van der Waals surface area contributed by atoms with Crippen molar-refractivity contribution < 1.29 is 9.90 Å². The Morgan fingerprint density at radius 2 is 2.17 bits per heavy atom. The van der Waals surface area contributed by atoms with Gasteiger partial charge in [0.1, 0.15) is 0 Å². The minimum absolute atomic E-state index is 0.128. The molecule has 1 aromatic carbocycles. The lowest BCUT2D eigenvalue weighted by atomic mass is 10.1. The van der Waals surface area contributed by atoms with Gasteiger partial charge in [-0.3, -0.25) is 4.79 Å². The van der Waals surface area contributed by atoms with E-state index in [1.807, 2.05) is 35.0 Å². The second-order valence-electron chi connectivity index (χ2n) is 4.43. The van der Waals surface area contributed by atoms with Crippen LogP contribution in [0.3, 0.4) is 0 Å². The largest absolute Gasteiger partial charge is 0.390 e. The van der Waals surface area contributed by atoms with Crippen LogP contribution in [0.15, 0.2) is 41.1 Å².